The van der Waals surface area contributed by atoms with E-state index >= 15 is 0 Å². The van der Waals surface area contributed by atoms with E-state index < -0.39 is 0 Å². The fourth-order valence-electron chi connectivity index (χ4n) is 3.55. The normalized spacial score (nSPS) is 28.6. The Morgan fingerprint density at radius 1 is 0.800 bits per heavy atom. The van der Waals surface area contributed by atoms with Gasteiger partial charge in [-0.15, -0.1) is 0 Å². The first-order valence-corrected chi connectivity index (χ1v) is 8.94. The van der Waals surface area contributed by atoms with Gasteiger partial charge in [0.15, 0.2) is 6.29 Å². The number of rotatable bonds is 6. The second-order valence-corrected chi connectivity index (χ2v) is 6.62. The van der Waals surface area contributed by atoms with Gasteiger partial charge < -0.3 is 18.9 Å². The molecule has 2 aliphatic rings. The third-order valence-corrected chi connectivity index (χ3v) is 4.89. The third kappa shape index (κ3) is 4.10. The van der Waals surface area contributed by atoms with Crippen molar-refractivity contribution >= 4 is 0 Å². The van der Waals surface area contributed by atoms with Gasteiger partial charge in [0.25, 0.3) is 0 Å². The van der Waals surface area contributed by atoms with Crippen LogP contribution in [0.3, 0.4) is 0 Å². The average Bonchev–Trinajstić information content (AvgIpc) is 3.15. The highest BCUT2D eigenvalue weighted by Gasteiger charge is 2.45. The molecule has 25 heavy (non-hydrogen) atoms. The number of benzene rings is 2. The summed E-state index contributed by atoms with van der Waals surface area (Å²) >= 11 is 0. The fraction of sp³-hybridized carbons (Fsp3) is 0.429. The molecule has 2 aromatic rings. The molecule has 4 nitrogen and oxygen atoms in total. The third-order valence-electron chi connectivity index (χ3n) is 4.89. The summed E-state index contributed by atoms with van der Waals surface area (Å²) in [5, 5.41) is 0. The van der Waals surface area contributed by atoms with Crippen LogP contribution in [0, 0.1) is 5.92 Å². The van der Waals surface area contributed by atoms with E-state index in [-0.39, 0.29) is 24.4 Å². The van der Waals surface area contributed by atoms with Crippen molar-refractivity contribution in [2.45, 2.75) is 38.1 Å². The van der Waals surface area contributed by atoms with Crippen LogP contribution in [0.2, 0.25) is 0 Å². The molecule has 2 saturated heterocycles. The van der Waals surface area contributed by atoms with Gasteiger partial charge in [-0.05, 0) is 17.5 Å². The molecule has 4 rings (SSSR count). The average molecular weight is 340 g/mol. The van der Waals surface area contributed by atoms with Gasteiger partial charge in [-0.3, -0.25) is 0 Å². The van der Waals surface area contributed by atoms with E-state index in [9.17, 15) is 0 Å². The van der Waals surface area contributed by atoms with Crippen molar-refractivity contribution in [3.63, 3.8) is 0 Å². The molecule has 0 bridgehead atoms. The van der Waals surface area contributed by atoms with E-state index in [1.165, 1.54) is 5.56 Å². The van der Waals surface area contributed by atoms with Gasteiger partial charge in [0.05, 0.1) is 32.5 Å². The molecule has 0 aliphatic carbocycles. The first-order chi connectivity index (χ1) is 12.4. The zero-order chi connectivity index (χ0) is 16.9. The highest BCUT2D eigenvalue weighted by atomic mass is 16.7. The fourth-order valence-corrected chi connectivity index (χ4v) is 3.55. The molecule has 2 aliphatic heterocycles. The Bertz CT molecular complexity index is 645. The molecule has 0 unspecified atom stereocenters. The summed E-state index contributed by atoms with van der Waals surface area (Å²) in [6, 6.07) is 20.5. The van der Waals surface area contributed by atoms with Gasteiger partial charge in [-0.2, -0.15) is 0 Å². The summed E-state index contributed by atoms with van der Waals surface area (Å²) in [7, 11) is 0. The van der Waals surface area contributed by atoms with Crippen LogP contribution in [0.15, 0.2) is 60.7 Å². The largest absolute Gasteiger partial charge is 0.370 e. The minimum absolute atomic E-state index is 0.00910. The second-order valence-electron chi connectivity index (χ2n) is 6.62. The summed E-state index contributed by atoms with van der Waals surface area (Å²) in [5.74, 6) is 0.234. The molecular formula is C21H24O4. The van der Waals surface area contributed by atoms with Gasteiger partial charge in [-0.25, -0.2) is 0 Å². The van der Waals surface area contributed by atoms with Crippen LogP contribution in [0.5, 0.6) is 0 Å². The molecule has 0 amide bonds. The van der Waals surface area contributed by atoms with Crippen LogP contribution < -0.4 is 0 Å². The van der Waals surface area contributed by atoms with Crippen LogP contribution in [-0.2, 0) is 32.2 Å². The summed E-state index contributed by atoms with van der Waals surface area (Å²) in [6.07, 6.45) is 0.712. The molecule has 0 saturated carbocycles. The predicted molar refractivity (Wildman–Crippen MR) is 93.8 cm³/mol. The number of hydrogen-bond donors (Lipinski definition) is 0. The van der Waals surface area contributed by atoms with E-state index in [0.717, 1.165) is 18.6 Å². The topological polar surface area (TPSA) is 36.9 Å². The lowest BCUT2D eigenvalue weighted by Gasteiger charge is -2.38. The van der Waals surface area contributed by atoms with E-state index in [1.54, 1.807) is 0 Å². The van der Waals surface area contributed by atoms with E-state index in [0.29, 0.717) is 19.8 Å². The van der Waals surface area contributed by atoms with Crippen molar-refractivity contribution in [3.8, 4) is 0 Å². The highest BCUT2D eigenvalue weighted by molar-refractivity contribution is 5.14. The van der Waals surface area contributed by atoms with Crippen molar-refractivity contribution in [1.29, 1.82) is 0 Å². The van der Waals surface area contributed by atoms with Crippen LogP contribution >= 0.6 is 0 Å². The monoisotopic (exact) mass is 340 g/mol. The number of hydrogen-bond acceptors (Lipinski definition) is 4. The van der Waals surface area contributed by atoms with Crippen LogP contribution in [0.4, 0.5) is 0 Å². The van der Waals surface area contributed by atoms with Gasteiger partial charge in [0.2, 0.25) is 0 Å². The molecule has 2 fully saturated rings. The Morgan fingerprint density at radius 3 is 2.12 bits per heavy atom. The van der Waals surface area contributed by atoms with Crippen LogP contribution in [-0.4, -0.2) is 31.7 Å². The van der Waals surface area contributed by atoms with Crippen molar-refractivity contribution in [2.24, 2.45) is 5.92 Å². The Balaban J connectivity index is 1.42. The van der Waals surface area contributed by atoms with Gasteiger partial charge >= 0.3 is 0 Å². The van der Waals surface area contributed by atoms with Crippen LogP contribution in [0.1, 0.15) is 17.5 Å². The molecular weight excluding hydrogens is 316 g/mol. The Labute approximate surface area is 148 Å². The van der Waals surface area contributed by atoms with Crippen molar-refractivity contribution in [2.75, 3.05) is 13.2 Å². The quantitative estimate of drug-likeness (QED) is 0.806. The lowest BCUT2D eigenvalue weighted by Crippen LogP contribution is -2.49. The van der Waals surface area contributed by atoms with Crippen molar-refractivity contribution in [3.05, 3.63) is 71.8 Å². The predicted octanol–water partition coefficient (Wildman–Crippen LogP) is 3.55. The molecule has 2 aromatic carbocycles. The lowest BCUT2D eigenvalue weighted by atomic mass is 9.93. The molecule has 0 radical (unpaired) electrons. The van der Waals surface area contributed by atoms with Gasteiger partial charge in [0, 0.05) is 5.92 Å². The van der Waals surface area contributed by atoms with Crippen molar-refractivity contribution in [1.82, 2.24) is 0 Å². The summed E-state index contributed by atoms with van der Waals surface area (Å²) in [4.78, 5) is 0. The molecule has 0 N–H and O–H groups in total. The molecule has 2 heterocycles. The number of fused-ring (bicyclic) bond motifs is 1. The van der Waals surface area contributed by atoms with E-state index in [2.05, 4.69) is 24.3 Å². The summed E-state index contributed by atoms with van der Waals surface area (Å²) in [5.41, 5.74) is 2.33. The standard InChI is InChI=1S/C21H24O4/c1-3-7-16(8-4-1)13-23-19-15-25-21-18(11-12-22-21)20(19)24-14-17-9-5-2-6-10-17/h1-10,18-21H,11-15H2/t18-,19-,20+,21+/m1/s1. The molecule has 132 valence electrons. The first kappa shape index (κ1) is 16.7. The summed E-state index contributed by atoms with van der Waals surface area (Å²) < 4.78 is 24.0. The lowest BCUT2D eigenvalue weighted by molar-refractivity contribution is -0.242. The zero-order valence-electron chi connectivity index (χ0n) is 14.3. The van der Waals surface area contributed by atoms with E-state index in [1.807, 2.05) is 36.4 Å². The number of ether oxygens (including phenoxy) is 4. The van der Waals surface area contributed by atoms with Crippen molar-refractivity contribution < 1.29 is 18.9 Å². The van der Waals surface area contributed by atoms with Gasteiger partial charge in [0.1, 0.15) is 6.10 Å². The summed E-state index contributed by atoms with van der Waals surface area (Å²) in [6.45, 7) is 2.39. The Morgan fingerprint density at radius 2 is 1.44 bits per heavy atom. The molecule has 0 spiro atoms. The Kier molecular flexibility index (Phi) is 5.43. The maximum Gasteiger partial charge on any atom is 0.163 e. The molecule has 4 atom stereocenters. The van der Waals surface area contributed by atoms with E-state index in [4.69, 9.17) is 18.9 Å². The maximum atomic E-state index is 6.30. The zero-order valence-corrected chi connectivity index (χ0v) is 14.3. The molecule has 4 heteroatoms. The minimum atomic E-state index is -0.155. The van der Waals surface area contributed by atoms with Gasteiger partial charge in [-0.1, -0.05) is 60.7 Å². The van der Waals surface area contributed by atoms with Crippen LogP contribution in [0.25, 0.3) is 0 Å². The molecule has 0 aromatic heterocycles. The second kappa shape index (κ2) is 8.11. The smallest absolute Gasteiger partial charge is 0.163 e. The minimum Gasteiger partial charge on any atom is -0.370 e. The maximum absolute atomic E-state index is 6.30. The SMILES string of the molecule is c1ccc(CO[C@H]2[C@H]3CCO[C@H]3OC[C@H]2OCc2ccccc2)cc1. The highest BCUT2D eigenvalue weighted by Crippen LogP contribution is 2.34. The Hall–Kier alpha value is -1.72. The first-order valence-electron chi connectivity index (χ1n) is 8.94.